The Bertz CT molecular complexity index is 945. The summed E-state index contributed by atoms with van der Waals surface area (Å²) < 4.78 is 0. The molecule has 0 bridgehead atoms. The minimum absolute atomic E-state index is 0.0321. The summed E-state index contributed by atoms with van der Waals surface area (Å²) in [6.45, 7) is 5.57. The summed E-state index contributed by atoms with van der Waals surface area (Å²) in [5.41, 5.74) is 0.898. The van der Waals surface area contributed by atoms with Gasteiger partial charge >= 0.3 is 0 Å². The van der Waals surface area contributed by atoms with E-state index in [0.717, 1.165) is 24.9 Å². The van der Waals surface area contributed by atoms with E-state index in [2.05, 4.69) is 25.5 Å². The van der Waals surface area contributed by atoms with Crippen LogP contribution in [0.1, 0.15) is 31.4 Å². The van der Waals surface area contributed by atoms with Crippen molar-refractivity contribution in [2.75, 3.05) is 42.9 Å². The molecule has 2 fully saturated rings. The van der Waals surface area contributed by atoms with E-state index >= 15 is 0 Å². The summed E-state index contributed by atoms with van der Waals surface area (Å²) in [5.74, 6) is 1.33. The van der Waals surface area contributed by atoms with Crippen molar-refractivity contribution in [2.24, 2.45) is 0 Å². The van der Waals surface area contributed by atoms with Crippen molar-refractivity contribution < 1.29 is 4.79 Å². The smallest absolute Gasteiger partial charge is 0.239 e. The molecule has 0 saturated carbocycles. The Hall–Kier alpha value is -1.80. The number of piperazine rings is 1. The summed E-state index contributed by atoms with van der Waals surface area (Å²) in [7, 11) is 0. The summed E-state index contributed by atoms with van der Waals surface area (Å²) in [6, 6.07) is 5.24. The minimum atomic E-state index is -0.126. The van der Waals surface area contributed by atoms with Gasteiger partial charge in [0, 0.05) is 36.2 Å². The number of nitrogens with zero attached hydrogens (tertiary/aromatic N) is 4. The number of nitrogens with one attached hydrogen (secondary N) is 2. The van der Waals surface area contributed by atoms with E-state index in [1.165, 1.54) is 0 Å². The average Bonchev–Trinajstić information content (AvgIpc) is 3.30. The third-order valence-electron chi connectivity index (χ3n) is 5.75. The Balaban J connectivity index is 1.41. The number of amides is 1. The zero-order chi connectivity index (χ0) is 22.0. The van der Waals surface area contributed by atoms with Gasteiger partial charge in [0.25, 0.3) is 0 Å². The Kier molecular flexibility index (Phi) is 7.06. The lowest BCUT2D eigenvalue weighted by Gasteiger charge is -2.36. The summed E-state index contributed by atoms with van der Waals surface area (Å²) in [4.78, 5) is 25.7. The van der Waals surface area contributed by atoms with Gasteiger partial charge < -0.3 is 20.4 Å². The van der Waals surface area contributed by atoms with Gasteiger partial charge in [-0.15, -0.1) is 0 Å². The summed E-state index contributed by atoms with van der Waals surface area (Å²) in [5, 5.41) is 8.20. The van der Waals surface area contributed by atoms with Crippen molar-refractivity contribution in [3.63, 3.8) is 0 Å². The molecule has 1 unspecified atom stereocenters. The van der Waals surface area contributed by atoms with Crippen LogP contribution in [0.3, 0.4) is 0 Å². The Morgan fingerprint density at radius 3 is 2.65 bits per heavy atom. The van der Waals surface area contributed by atoms with Crippen LogP contribution in [0.2, 0.25) is 15.1 Å². The van der Waals surface area contributed by atoms with Crippen molar-refractivity contribution >= 4 is 52.5 Å². The highest BCUT2D eigenvalue weighted by atomic mass is 35.5. The maximum atomic E-state index is 12.6. The highest BCUT2D eigenvalue weighted by molar-refractivity contribution is 6.35. The average molecular weight is 484 g/mol. The van der Waals surface area contributed by atoms with Crippen LogP contribution >= 0.6 is 34.8 Å². The first-order valence-corrected chi connectivity index (χ1v) is 11.6. The number of aromatic nitrogens is 2. The lowest BCUT2D eigenvalue weighted by Crippen LogP contribution is -2.53. The molecule has 3 heterocycles. The topological polar surface area (TPSA) is 73.4 Å². The molecule has 1 amide bonds. The number of rotatable bonds is 5. The summed E-state index contributed by atoms with van der Waals surface area (Å²) in [6.07, 6.45) is 3.58. The highest BCUT2D eigenvalue weighted by Gasteiger charge is 2.30. The van der Waals surface area contributed by atoms with E-state index in [1.54, 1.807) is 18.3 Å². The number of carbonyl (C=O) groups is 1. The number of halogens is 3. The first kappa shape index (κ1) is 22.4. The molecule has 166 valence electrons. The molecule has 0 radical (unpaired) electrons. The predicted molar refractivity (Wildman–Crippen MR) is 125 cm³/mol. The van der Waals surface area contributed by atoms with Gasteiger partial charge in [-0.05, 0) is 44.0 Å². The van der Waals surface area contributed by atoms with E-state index in [-0.39, 0.29) is 18.0 Å². The van der Waals surface area contributed by atoms with Crippen molar-refractivity contribution in [3.8, 4) is 0 Å². The van der Waals surface area contributed by atoms with E-state index in [9.17, 15) is 4.79 Å². The number of benzene rings is 1. The molecule has 1 aromatic carbocycles. The lowest BCUT2D eigenvalue weighted by molar-refractivity contribution is -0.133. The third-order valence-corrected chi connectivity index (χ3v) is 6.59. The van der Waals surface area contributed by atoms with E-state index in [4.69, 9.17) is 34.8 Å². The van der Waals surface area contributed by atoms with Gasteiger partial charge in [0.1, 0.15) is 5.02 Å². The van der Waals surface area contributed by atoms with Crippen LogP contribution in [-0.2, 0) is 4.79 Å². The zero-order valence-corrected chi connectivity index (χ0v) is 19.5. The molecular weight excluding hydrogens is 459 g/mol. The molecule has 2 aromatic rings. The molecular formula is C21H25Cl3N6O. The molecule has 10 heteroatoms. The molecule has 2 aliphatic heterocycles. The second kappa shape index (κ2) is 9.77. The summed E-state index contributed by atoms with van der Waals surface area (Å²) >= 11 is 18.7. The maximum Gasteiger partial charge on any atom is 0.239 e. The number of hydrogen-bond donors (Lipinski definition) is 2. The van der Waals surface area contributed by atoms with Crippen LogP contribution in [-0.4, -0.2) is 59.5 Å². The number of anilines is 2. The Labute approximate surface area is 197 Å². The van der Waals surface area contributed by atoms with Crippen molar-refractivity contribution in [2.45, 2.75) is 31.8 Å². The Morgan fingerprint density at radius 2 is 1.97 bits per heavy atom. The van der Waals surface area contributed by atoms with Gasteiger partial charge in [0.05, 0.1) is 18.3 Å². The molecule has 2 N–H and O–H groups in total. The van der Waals surface area contributed by atoms with Crippen LogP contribution in [0, 0.1) is 0 Å². The molecule has 2 saturated heterocycles. The quantitative estimate of drug-likeness (QED) is 0.669. The number of carbonyl (C=O) groups excluding carboxylic acids is 1. The zero-order valence-electron chi connectivity index (χ0n) is 17.2. The molecule has 2 aliphatic rings. The standard InChI is InChI=1S/C21H25Cl3N6O/c1-13(15-5-4-14(22)11-16(15)23)27-19-17(24)12-26-21(28-19)30-9-7-29(8-10-30)20(31)18-3-2-6-25-18/h4-5,11-13,18,25H,2-3,6-10H2,1H3,(H,26,27,28)/t13?,18-/m0/s1. The van der Waals surface area contributed by atoms with Gasteiger partial charge in [-0.25, -0.2) is 4.98 Å². The molecule has 31 heavy (non-hydrogen) atoms. The van der Waals surface area contributed by atoms with Crippen LogP contribution < -0.4 is 15.5 Å². The largest absolute Gasteiger partial charge is 0.362 e. The van der Waals surface area contributed by atoms with Crippen molar-refractivity contribution in [1.29, 1.82) is 0 Å². The van der Waals surface area contributed by atoms with Gasteiger partial charge in [0.2, 0.25) is 11.9 Å². The molecule has 7 nitrogen and oxygen atoms in total. The SMILES string of the molecule is CC(Nc1nc(N2CCN(C(=O)[C@@H]3CCCN3)CC2)ncc1Cl)c1ccc(Cl)cc1Cl. The second-order valence-corrected chi connectivity index (χ2v) is 9.11. The van der Waals surface area contributed by atoms with Gasteiger partial charge in [-0.2, -0.15) is 4.98 Å². The molecule has 2 atom stereocenters. The van der Waals surface area contributed by atoms with Crippen molar-refractivity contribution in [1.82, 2.24) is 20.2 Å². The number of hydrogen-bond acceptors (Lipinski definition) is 6. The van der Waals surface area contributed by atoms with Crippen LogP contribution in [0.4, 0.5) is 11.8 Å². The van der Waals surface area contributed by atoms with E-state index in [0.29, 0.717) is 53.0 Å². The lowest BCUT2D eigenvalue weighted by atomic mass is 10.1. The monoisotopic (exact) mass is 482 g/mol. The maximum absolute atomic E-state index is 12.6. The van der Waals surface area contributed by atoms with Crippen LogP contribution in [0.25, 0.3) is 0 Å². The fourth-order valence-electron chi connectivity index (χ4n) is 3.99. The van der Waals surface area contributed by atoms with Crippen LogP contribution in [0.5, 0.6) is 0 Å². The minimum Gasteiger partial charge on any atom is -0.362 e. The van der Waals surface area contributed by atoms with Gasteiger partial charge in [-0.3, -0.25) is 4.79 Å². The van der Waals surface area contributed by atoms with Crippen molar-refractivity contribution in [3.05, 3.63) is 45.0 Å². The molecule has 1 aromatic heterocycles. The fourth-order valence-corrected chi connectivity index (χ4v) is 4.71. The van der Waals surface area contributed by atoms with E-state index in [1.807, 2.05) is 17.9 Å². The molecule has 0 aliphatic carbocycles. The van der Waals surface area contributed by atoms with E-state index < -0.39 is 0 Å². The highest BCUT2D eigenvalue weighted by Crippen LogP contribution is 2.30. The third kappa shape index (κ3) is 5.17. The molecule has 4 rings (SSSR count). The van der Waals surface area contributed by atoms with Crippen LogP contribution in [0.15, 0.2) is 24.4 Å². The van der Waals surface area contributed by atoms with Gasteiger partial charge in [0.15, 0.2) is 5.82 Å². The Morgan fingerprint density at radius 1 is 1.19 bits per heavy atom. The first-order chi connectivity index (χ1) is 14.9. The normalized spacial score (nSPS) is 20.1. The fraction of sp³-hybridized carbons (Fsp3) is 0.476. The second-order valence-electron chi connectivity index (χ2n) is 7.86. The van der Waals surface area contributed by atoms with Gasteiger partial charge in [-0.1, -0.05) is 40.9 Å². The first-order valence-electron chi connectivity index (χ1n) is 10.4. The predicted octanol–water partition coefficient (Wildman–Crippen LogP) is 4.01. The molecule has 0 spiro atoms.